The first kappa shape index (κ1) is 13.1. The summed E-state index contributed by atoms with van der Waals surface area (Å²) in [5.41, 5.74) is 1.17. The molecule has 0 aliphatic carbocycles. The zero-order valence-corrected chi connectivity index (χ0v) is 11.8. The smallest absolute Gasteiger partial charge is 0.123 e. The highest BCUT2D eigenvalue weighted by molar-refractivity contribution is 7.11. The van der Waals surface area contributed by atoms with Crippen LogP contribution in [0.15, 0.2) is 30.5 Å². The van der Waals surface area contributed by atoms with Gasteiger partial charge in [0.2, 0.25) is 0 Å². The van der Waals surface area contributed by atoms with Gasteiger partial charge in [-0.2, -0.15) is 0 Å². The van der Waals surface area contributed by atoms with Gasteiger partial charge in [0.25, 0.3) is 0 Å². The van der Waals surface area contributed by atoms with Crippen LogP contribution in [-0.4, -0.2) is 12.1 Å². The molecule has 1 aromatic carbocycles. The molecule has 0 aliphatic rings. The average Bonchev–Trinajstić information content (AvgIpc) is 2.83. The summed E-state index contributed by atoms with van der Waals surface area (Å²) in [6, 6.07) is 8.32. The predicted octanol–water partition coefficient (Wildman–Crippen LogP) is 3.31. The molecule has 1 unspecified atom stereocenters. The highest BCUT2D eigenvalue weighted by atomic mass is 32.1. The van der Waals surface area contributed by atoms with Crippen molar-refractivity contribution >= 4 is 11.3 Å². The van der Waals surface area contributed by atoms with Crippen LogP contribution in [-0.2, 0) is 6.54 Å². The normalized spacial score (nSPS) is 12.4. The molecule has 0 saturated heterocycles. The van der Waals surface area contributed by atoms with Crippen molar-refractivity contribution in [2.75, 3.05) is 7.11 Å². The molecule has 0 bridgehead atoms. The molecule has 0 spiro atoms. The average molecular weight is 262 g/mol. The van der Waals surface area contributed by atoms with Crippen LogP contribution in [0.2, 0.25) is 0 Å². The van der Waals surface area contributed by atoms with Gasteiger partial charge < -0.3 is 10.1 Å². The highest BCUT2D eigenvalue weighted by Crippen LogP contribution is 2.21. The zero-order valence-electron chi connectivity index (χ0n) is 10.9. The third-order valence-electron chi connectivity index (χ3n) is 2.80. The minimum absolute atomic E-state index is 0.258. The Labute approximate surface area is 112 Å². The van der Waals surface area contributed by atoms with E-state index in [0.29, 0.717) is 0 Å². The SMILES string of the molecule is COc1ccccc1CNC(C)c1ncc(C)s1. The lowest BCUT2D eigenvalue weighted by molar-refractivity contribution is 0.406. The van der Waals surface area contributed by atoms with Crippen LogP contribution < -0.4 is 10.1 Å². The number of hydrogen-bond donors (Lipinski definition) is 1. The molecule has 0 radical (unpaired) electrons. The van der Waals surface area contributed by atoms with Crippen molar-refractivity contribution in [2.45, 2.75) is 26.4 Å². The zero-order chi connectivity index (χ0) is 13.0. The molecular weight excluding hydrogens is 244 g/mol. The van der Waals surface area contributed by atoms with Crippen molar-refractivity contribution in [3.8, 4) is 5.75 Å². The fourth-order valence-corrected chi connectivity index (χ4v) is 2.57. The second kappa shape index (κ2) is 5.98. The van der Waals surface area contributed by atoms with Gasteiger partial charge in [0, 0.05) is 23.2 Å². The number of rotatable bonds is 5. The molecule has 4 heteroatoms. The van der Waals surface area contributed by atoms with Crippen molar-refractivity contribution in [1.82, 2.24) is 10.3 Å². The number of aromatic nitrogens is 1. The molecule has 0 saturated carbocycles. The molecule has 0 amide bonds. The molecule has 1 aromatic heterocycles. The van der Waals surface area contributed by atoms with E-state index in [-0.39, 0.29) is 6.04 Å². The summed E-state index contributed by atoms with van der Waals surface area (Å²) in [6.07, 6.45) is 1.92. The van der Waals surface area contributed by atoms with Crippen LogP contribution in [0.5, 0.6) is 5.75 Å². The molecule has 3 nitrogen and oxygen atoms in total. The van der Waals surface area contributed by atoms with Crippen LogP contribution >= 0.6 is 11.3 Å². The van der Waals surface area contributed by atoms with Gasteiger partial charge in [0.05, 0.1) is 13.2 Å². The van der Waals surface area contributed by atoms with E-state index in [1.807, 2.05) is 24.4 Å². The molecular formula is C14H18N2OS. The van der Waals surface area contributed by atoms with Crippen LogP contribution in [0, 0.1) is 6.92 Å². The van der Waals surface area contributed by atoms with E-state index < -0.39 is 0 Å². The van der Waals surface area contributed by atoms with Crippen molar-refractivity contribution in [3.05, 3.63) is 45.9 Å². The van der Waals surface area contributed by atoms with E-state index in [9.17, 15) is 0 Å². The quantitative estimate of drug-likeness (QED) is 0.897. The van der Waals surface area contributed by atoms with Crippen molar-refractivity contribution < 1.29 is 4.74 Å². The van der Waals surface area contributed by atoms with E-state index >= 15 is 0 Å². The van der Waals surface area contributed by atoms with E-state index in [0.717, 1.165) is 17.3 Å². The first-order valence-corrected chi connectivity index (χ1v) is 6.80. The van der Waals surface area contributed by atoms with E-state index in [1.54, 1.807) is 18.4 Å². The van der Waals surface area contributed by atoms with Crippen LogP contribution in [0.3, 0.4) is 0 Å². The fourth-order valence-electron chi connectivity index (χ4n) is 1.77. The third-order valence-corrected chi connectivity index (χ3v) is 3.90. The minimum Gasteiger partial charge on any atom is -0.496 e. The number of hydrogen-bond acceptors (Lipinski definition) is 4. The number of thiazole rings is 1. The number of benzene rings is 1. The molecule has 0 fully saturated rings. The summed E-state index contributed by atoms with van der Waals surface area (Å²) >= 11 is 1.74. The molecule has 0 aliphatic heterocycles. The van der Waals surface area contributed by atoms with Crippen LogP contribution in [0.25, 0.3) is 0 Å². The van der Waals surface area contributed by atoms with Gasteiger partial charge in [-0.25, -0.2) is 4.98 Å². The van der Waals surface area contributed by atoms with Gasteiger partial charge in [-0.1, -0.05) is 18.2 Å². The Morgan fingerprint density at radius 1 is 1.39 bits per heavy atom. The Kier molecular flexibility index (Phi) is 4.33. The predicted molar refractivity (Wildman–Crippen MR) is 75.1 cm³/mol. The number of ether oxygens (including phenoxy) is 1. The van der Waals surface area contributed by atoms with Crippen molar-refractivity contribution in [1.29, 1.82) is 0 Å². The molecule has 1 N–H and O–H groups in total. The third kappa shape index (κ3) is 3.09. The first-order valence-electron chi connectivity index (χ1n) is 5.98. The van der Waals surface area contributed by atoms with Gasteiger partial charge in [-0.3, -0.25) is 0 Å². The van der Waals surface area contributed by atoms with Crippen molar-refractivity contribution in [3.63, 3.8) is 0 Å². The summed E-state index contributed by atoms with van der Waals surface area (Å²) < 4.78 is 5.33. The van der Waals surface area contributed by atoms with Gasteiger partial charge in [-0.15, -0.1) is 11.3 Å². The Hall–Kier alpha value is -1.39. The summed E-state index contributed by atoms with van der Waals surface area (Å²) in [7, 11) is 1.70. The number of para-hydroxylation sites is 1. The largest absolute Gasteiger partial charge is 0.496 e. The molecule has 1 atom stereocenters. The number of aryl methyl sites for hydroxylation is 1. The Morgan fingerprint density at radius 2 is 2.17 bits per heavy atom. The lowest BCUT2D eigenvalue weighted by Gasteiger charge is -2.13. The van der Waals surface area contributed by atoms with E-state index in [4.69, 9.17) is 4.74 Å². The summed E-state index contributed by atoms with van der Waals surface area (Å²) in [4.78, 5) is 5.64. The molecule has 1 heterocycles. The summed E-state index contributed by atoms with van der Waals surface area (Å²) in [5.74, 6) is 0.924. The van der Waals surface area contributed by atoms with Gasteiger partial charge >= 0.3 is 0 Å². The topological polar surface area (TPSA) is 34.1 Å². The fraction of sp³-hybridized carbons (Fsp3) is 0.357. The Bertz CT molecular complexity index is 510. The standard InChI is InChI=1S/C14H18N2OS/c1-10-8-16-14(18-10)11(2)15-9-12-6-4-5-7-13(12)17-3/h4-8,11,15H,9H2,1-3H3. The van der Waals surface area contributed by atoms with Gasteiger partial charge in [0.1, 0.15) is 10.8 Å². The second-order valence-corrected chi connectivity index (χ2v) is 5.49. The summed E-state index contributed by atoms with van der Waals surface area (Å²) in [6.45, 7) is 4.99. The highest BCUT2D eigenvalue weighted by Gasteiger charge is 2.10. The van der Waals surface area contributed by atoms with Gasteiger partial charge in [0.15, 0.2) is 0 Å². The monoisotopic (exact) mass is 262 g/mol. The maximum absolute atomic E-state index is 5.33. The number of nitrogens with zero attached hydrogens (tertiary/aromatic N) is 1. The maximum Gasteiger partial charge on any atom is 0.123 e. The van der Waals surface area contributed by atoms with Gasteiger partial charge in [-0.05, 0) is 19.9 Å². The minimum atomic E-state index is 0.258. The lowest BCUT2D eigenvalue weighted by Crippen LogP contribution is -2.18. The molecule has 18 heavy (non-hydrogen) atoms. The number of methoxy groups -OCH3 is 1. The molecule has 2 rings (SSSR count). The van der Waals surface area contributed by atoms with Crippen LogP contribution in [0.1, 0.15) is 28.4 Å². The molecule has 2 aromatic rings. The Balaban J connectivity index is 1.99. The van der Waals surface area contributed by atoms with Crippen LogP contribution in [0.4, 0.5) is 0 Å². The number of nitrogens with one attached hydrogen (secondary N) is 1. The van der Waals surface area contributed by atoms with E-state index in [2.05, 4.69) is 30.2 Å². The van der Waals surface area contributed by atoms with Crippen molar-refractivity contribution in [2.24, 2.45) is 0 Å². The second-order valence-electron chi connectivity index (χ2n) is 4.22. The molecule has 96 valence electrons. The first-order chi connectivity index (χ1) is 8.70. The maximum atomic E-state index is 5.33. The lowest BCUT2D eigenvalue weighted by atomic mass is 10.2. The summed E-state index contributed by atoms with van der Waals surface area (Å²) in [5, 5.41) is 4.60. The Morgan fingerprint density at radius 3 is 2.83 bits per heavy atom. The van der Waals surface area contributed by atoms with E-state index in [1.165, 1.54) is 10.4 Å².